The van der Waals surface area contributed by atoms with Gasteiger partial charge in [0.25, 0.3) is 15.9 Å². The molecule has 0 spiro atoms. The number of aromatic nitrogens is 1. The number of carbonyl (C=O) groups excluding carboxylic acids is 1. The van der Waals surface area contributed by atoms with Crippen molar-refractivity contribution in [2.24, 2.45) is 0 Å². The molecule has 6 nitrogen and oxygen atoms in total. The lowest BCUT2D eigenvalue weighted by Gasteiger charge is -2.24. The summed E-state index contributed by atoms with van der Waals surface area (Å²) in [5, 5.41) is 5.66. The highest BCUT2D eigenvalue weighted by molar-refractivity contribution is 7.92. The molecule has 1 aliphatic rings. The van der Waals surface area contributed by atoms with Crippen LogP contribution in [0.1, 0.15) is 22.8 Å². The van der Waals surface area contributed by atoms with Gasteiger partial charge in [0.15, 0.2) is 0 Å². The van der Waals surface area contributed by atoms with Crippen LogP contribution in [0, 0.1) is 0 Å². The van der Waals surface area contributed by atoms with E-state index in [9.17, 15) is 13.2 Å². The molecule has 33 heavy (non-hydrogen) atoms. The summed E-state index contributed by atoms with van der Waals surface area (Å²) >= 11 is 1.54. The molecule has 0 saturated heterocycles. The normalized spacial score (nSPS) is 15.3. The third kappa shape index (κ3) is 4.03. The minimum absolute atomic E-state index is 0.0952. The number of fused-ring (bicyclic) bond motifs is 1. The van der Waals surface area contributed by atoms with Gasteiger partial charge in [-0.15, -0.1) is 11.3 Å². The van der Waals surface area contributed by atoms with Crippen LogP contribution in [0.15, 0.2) is 89.3 Å². The molecule has 8 heteroatoms. The molecule has 0 aliphatic carbocycles. The van der Waals surface area contributed by atoms with Crippen molar-refractivity contribution in [2.45, 2.75) is 24.3 Å². The molecule has 0 radical (unpaired) electrons. The molecule has 0 bridgehead atoms. The fraction of sp³-hybridized carbons (Fsp3) is 0.120. The fourth-order valence-electron chi connectivity index (χ4n) is 4.08. The Kier molecular flexibility index (Phi) is 5.47. The second-order valence-corrected chi connectivity index (χ2v) is 10.6. The second kappa shape index (κ2) is 8.46. The van der Waals surface area contributed by atoms with Gasteiger partial charge in [0.1, 0.15) is 5.01 Å². The number of benzene rings is 3. The SMILES string of the molecule is C[C@H]1Cc2ccccc2N1S(=O)(=O)c1cccc(C(=O)Nc2ccc(-c3nccs3)cc2)c1. The van der Waals surface area contributed by atoms with E-state index < -0.39 is 10.0 Å². The van der Waals surface area contributed by atoms with E-state index in [1.807, 2.05) is 48.7 Å². The molecule has 166 valence electrons. The number of nitrogens with zero attached hydrogens (tertiary/aromatic N) is 2. The van der Waals surface area contributed by atoms with E-state index in [1.54, 1.807) is 41.8 Å². The van der Waals surface area contributed by atoms with Crippen molar-refractivity contribution in [1.82, 2.24) is 4.98 Å². The molecule has 1 atom stereocenters. The average molecular weight is 476 g/mol. The van der Waals surface area contributed by atoms with Gasteiger partial charge in [0, 0.05) is 34.4 Å². The van der Waals surface area contributed by atoms with Gasteiger partial charge < -0.3 is 5.32 Å². The quantitative estimate of drug-likeness (QED) is 0.430. The lowest BCUT2D eigenvalue weighted by molar-refractivity contribution is 0.102. The molecule has 1 amide bonds. The summed E-state index contributed by atoms with van der Waals surface area (Å²) in [7, 11) is -3.81. The summed E-state index contributed by atoms with van der Waals surface area (Å²) < 4.78 is 28.4. The van der Waals surface area contributed by atoms with Gasteiger partial charge in [-0.2, -0.15) is 0 Å². The minimum Gasteiger partial charge on any atom is -0.322 e. The van der Waals surface area contributed by atoms with Crippen molar-refractivity contribution in [3.8, 4) is 10.6 Å². The topological polar surface area (TPSA) is 79.4 Å². The Balaban J connectivity index is 1.38. The predicted molar refractivity (Wildman–Crippen MR) is 131 cm³/mol. The second-order valence-electron chi connectivity index (χ2n) is 7.88. The minimum atomic E-state index is -3.81. The highest BCUT2D eigenvalue weighted by Gasteiger charge is 2.36. The maximum atomic E-state index is 13.5. The van der Waals surface area contributed by atoms with Crippen LogP contribution in [0.25, 0.3) is 10.6 Å². The molecular formula is C25H21N3O3S2. The Morgan fingerprint density at radius 1 is 1.06 bits per heavy atom. The molecule has 1 aromatic heterocycles. The van der Waals surface area contributed by atoms with Crippen molar-refractivity contribution in [2.75, 3.05) is 9.62 Å². The van der Waals surface area contributed by atoms with Crippen molar-refractivity contribution >= 4 is 38.6 Å². The molecule has 0 fully saturated rings. The number of carbonyl (C=O) groups is 1. The van der Waals surface area contributed by atoms with Crippen LogP contribution in [0.4, 0.5) is 11.4 Å². The van der Waals surface area contributed by atoms with E-state index in [1.165, 1.54) is 16.4 Å². The first-order valence-corrected chi connectivity index (χ1v) is 12.8. The molecular weight excluding hydrogens is 454 g/mol. The van der Waals surface area contributed by atoms with Crippen LogP contribution in [-0.2, 0) is 16.4 Å². The van der Waals surface area contributed by atoms with Crippen LogP contribution in [-0.4, -0.2) is 25.4 Å². The molecule has 0 saturated carbocycles. The zero-order chi connectivity index (χ0) is 23.0. The summed E-state index contributed by atoms with van der Waals surface area (Å²) in [4.78, 5) is 17.2. The van der Waals surface area contributed by atoms with E-state index in [4.69, 9.17) is 0 Å². The number of sulfonamides is 1. The van der Waals surface area contributed by atoms with Crippen LogP contribution in [0.2, 0.25) is 0 Å². The van der Waals surface area contributed by atoms with Gasteiger partial charge in [-0.25, -0.2) is 13.4 Å². The summed E-state index contributed by atoms with van der Waals surface area (Å²) in [5.41, 5.74) is 3.57. The predicted octanol–water partition coefficient (Wildman–Crippen LogP) is 5.20. The smallest absolute Gasteiger partial charge is 0.264 e. The maximum absolute atomic E-state index is 13.5. The molecule has 0 unspecified atom stereocenters. The monoisotopic (exact) mass is 475 g/mol. The van der Waals surface area contributed by atoms with Gasteiger partial charge in [-0.1, -0.05) is 24.3 Å². The van der Waals surface area contributed by atoms with Crippen LogP contribution < -0.4 is 9.62 Å². The van der Waals surface area contributed by atoms with E-state index in [2.05, 4.69) is 10.3 Å². The van der Waals surface area contributed by atoms with E-state index in [0.717, 1.165) is 16.1 Å². The largest absolute Gasteiger partial charge is 0.322 e. The van der Waals surface area contributed by atoms with Crippen LogP contribution >= 0.6 is 11.3 Å². The summed E-state index contributed by atoms with van der Waals surface area (Å²) in [6, 6.07) is 20.9. The number of anilines is 2. The number of nitrogens with one attached hydrogen (secondary N) is 1. The summed E-state index contributed by atoms with van der Waals surface area (Å²) in [6.07, 6.45) is 2.41. The maximum Gasteiger partial charge on any atom is 0.264 e. The number of thiazole rings is 1. The molecule has 5 rings (SSSR count). The number of amides is 1. The summed E-state index contributed by atoms with van der Waals surface area (Å²) in [6.45, 7) is 1.89. The van der Waals surface area contributed by atoms with Crippen molar-refractivity contribution in [3.63, 3.8) is 0 Å². The summed E-state index contributed by atoms with van der Waals surface area (Å²) in [5.74, 6) is -0.371. The van der Waals surface area contributed by atoms with Crippen molar-refractivity contribution < 1.29 is 13.2 Å². The van der Waals surface area contributed by atoms with Gasteiger partial charge >= 0.3 is 0 Å². The zero-order valence-corrected chi connectivity index (χ0v) is 19.4. The van der Waals surface area contributed by atoms with Crippen molar-refractivity contribution in [1.29, 1.82) is 0 Å². The Labute approximate surface area is 196 Å². The number of hydrogen-bond donors (Lipinski definition) is 1. The van der Waals surface area contributed by atoms with Gasteiger partial charge in [-0.3, -0.25) is 9.10 Å². The first kappa shape index (κ1) is 21.4. The standard InChI is InChI=1S/C25H21N3O3S2/c1-17-15-19-5-2-3-8-23(19)28(17)33(30,31)22-7-4-6-20(16-22)24(29)27-21-11-9-18(10-12-21)25-26-13-14-32-25/h2-14,16-17H,15H2,1H3,(H,27,29)/t17-/m0/s1. The Morgan fingerprint density at radius 2 is 1.85 bits per heavy atom. The van der Waals surface area contributed by atoms with Crippen LogP contribution in [0.3, 0.4) is 0 Å². The van der Waals surface area contributed by atoms with Crippen LogP contribution in [0.5, 0.6) is 0 Å². The lowest BCUT2D eigenvalue weighted by Crippen LogP contribution is -2.35. The molecule has 1 aliphatic heterocycles. The third-order valence-electron chi connectivity index (χ3n) is 5.62. The first-order valence-electron chi connectivity index (χ1n) is 10.5. The zero-order valence-electron chi connectivity index (χ0n) is 17.8. The molecule has 2 heterocycles. The van der Waals surface area contributed by atoms with E-state index in [0.29, 0.717) is 17.8 Å². The van der Waals surface area contributed by atoms with E-state index >= 15 is 0 Å². The Hall–Kier alpha value is -3.49. The van der Waals surface area contributed by atoms with Crippen molar-refractivity contribution in [3.05, 3.63) is 95.5 Å². The number of hydrogen-bond acceptors (Lipinski definition) is 5. The first-order chi connectivity index (χ1) is 15.9. The number of para-hydroxylation sites is 1. The average Bonchev–Trinajstić information content (AvgIpc) is 3.47. The third-order valence-corrected chi connectivity index (χ3v) is 8.37. The molecule has 3 aromatic carbocycles. The van der Waals surface area contributed by atoms with E-state index in [-0.39, 0.29) is 22.4 Å². The number of rotatable bonds is 5. The molecule has 4 aromatic rings. The fourth-order valence-corrected chi connectivity index (χ4v) is 6.46. The molecule has 1 N–H and O–H groups in total. The van der Waals surface area contributed by atoms with Gasteiger partial charge in [-0.05, 0) is 67.4 Å². The Bertz CT molecular complexity index is 1420. The van der Waals surface area contributed by atoms with Gasteiger partial charge in [0.05, 0.1) is 10.6 Å². The highest BCUT2D eigenvalue weighted by Crippen LogP contribution is 2.36. The lowest BCUT2D eigenvalue weighted by atomic mass is 10.1. The highest BCUT2D eigenvalue weighted by atomic mass is 32.2. The van der Waals surface area contributed by atoms with Gasteiger partial charge in [0.2, 0.25) is 0 Å². The Morgan fingerprint density at radius 3 is 2.61 bits per heavy atom.